The van der Waals surface area contributed by atoms with Crippen LogP contribution in [0, 0.1) is 5.82 Å². The minimum Gasteiger partial charge on any atom is -0.507 e. The quantitative estimate of drug-likeness (QED) is 0.443. The topological polar surface area (TPSA) is 41.8 Å². The number of halogens is 4. The van der Waals surface area contributed by atoms with Crippen LogP contribution in [0.25, 0.3) is 0 Å². The highest BCUT2D eigenvalue weighted by Crippen LogP contribution is 2.38. The first-order chi connectivity index (χ1) is 12.8. The number of ether oxygens (including phenoxy) is 1. The number of alkyl halides is 3. The number of hydrogen-bond donors (Lipinski definition) is 1. The molecular formula is C20H13F4NO2. The van der Waals surface area contributed by atoms with Gasteiger partial charge in [0.05, 0.1) is 5.56 Å². The molecule has 0 saturated carbocycles. The van der Waals surface area contributed by atoms with Crippen molar-refractivity contribution in [2.24, 2.45) is 4.99 Å². The van der Waals surface area contributed by atoms with Crippen LogP contribution in [0.3, 0.4) is 0 Å². The number of phenols is 1. The summed E-state index contributed by atoms with van der Waals surface area (Å²) in [5.74, 6) is -0.478. The van der Waals surface area contributed by atoms with Crippen LogP contribution in [0.15, 0.2) is 71.7 Å². The number of hydrogen-bond acceptors (Lipinski definition) is 3. The predicted molar refractivity (Wildman–Crippen MR) is 93.3 cm³/mol. The van der Waals surface area contributed by atoms with Gasteiger partial charge in [-0.15, -0.1) is 0 Å². The van der Waals surface area contributed by atoms with Crippen molar-refractivity contribution in [3.8, 4) is 17.2 Å². The highest BCUT2D eigenvalue weighted by atomic mass is 19.4. The van der Waals surface area contributed by atoms with Crippen LogP contribution in [0.2, 0.25) is 0 Å². The predicted octanol–water partition coefficient (Wildman–Crippen LogP) is 6.09. The van der Waals surface area contributed by atoms with Gasteiger partial charge in [-0.1, -0.05) is 18.2 Å². The van der Waals surface area contributed by atoms with E-state index in [1.807, 2.05) is 0 Å². The van der Waals surface area contributed by atoms with E-state index < -0.39 is 17.6 Å². The molecule has 3 rings (SSSR count). The van der Waals surface area contributed by atoms with Crippen LogP contribution in [0.1, 0.15) is 11.1 Å². The molecule has 27 heavy (non-hydrogen) atoms. The van der Waals surface area contributed by atoms with E-state index in [4.69, 9.17) is 4.74 Å². The number of nitrogens with zero attached hydrogens (tertiary/aromatic N) is 1. The third-order valence-corrected chi connectivity index (χ3v) is 3.59. The number of aliphatic imine (C=N–C) groups is 1. The lowest BCUT2D eigenvalue weighted by Crippen LogP contribution is -2.04. The first-order valence-electron chi connectivity index (χ1n) is 7.80. The van der Waals surface area contributed by atoms with Crippen molar-refractivity contribution < 1.29 is 27.4 Å². The van der Waals surface area contributed by atoms with E-state index in [9.17, 15) is 22.7 Å². The highest BCUT2D eigenvalue weighted by Gasteiger charge is 2.31. The lowest BCUT2D eigenvalue weighted by atomic mass is 10.1. The molecule has 0 spiro atoms. The monoisotopic (exact) mass is 375 g/mol. The smallest absolute Gasteiger partial charge is 0.416 e. The number of phenolic OH excluding ortho intramolecular Hbond substituents is 1. The molecule has 1 N–H and O–H groups in total. The summed E-state index contributed by atoms with van der Waals surface area (Å²) in [6.07, 6.45) is -3.33. The number of benzene rings is 3. The van der Waals surface area contributed by atoms with Gasteiger partial charge in [-0.05, 0) is 42.5 Å². The van der Waals surface area contributed by atoms with Crippen LogP contribution < -0.4 is 4.74 Å². The Bertz CT molecular complexity index is 984. The Hall–Kier alpha value is -3.35. The van der Waals surface area contributed by atoms with E-state index >= 15 is 0 Å². The fourth-order valence-electron chi connectivity index (χ4n) is 2.27. The van der Waals surface area contributed by atoms with Gasteiger partial charge < -0.3 is 9.84 Å². The Morgan fingerprint density at radius 3 is 2.41 bits per heavy atom. The number of rotatable bonds is 4. The molecule has 0 heterocycles. The SMILES string of the molecule is Oc1ccccc1C=Nc1cc(C(F)(F)F)ccc1Oc1cccc(F)c1. The van der Waals surface area contributed by atoms with E-state index in [0.29, 0.717) is 5.56 Å². The van der Waals surface area contributed by atoms with Crippen LogP contribution in [0.4, 0.5) is 23.2 Å². The second-order valence-electron chi connectivity index (χ2n) is 5.56. The summed E-state index contributed by atoms with van der Waals surface area (Å²) in [6, 6.07) is 14.2. The fourth-order valence-corrected chi connectivity index (χ4v) is 2.27. The Balaban J connectivity index is 2.01. The van der Waals surface area contributed by atoms with Gasteiger partial charge in [0, 0.05) is 17.8 Å². The lowest BCUT2D eigenvalue weighted by molar-refractivity contribution is -0.137. The van der Waals surface area contributed by atoms with E-state index in [-0.39, 0.29) is 22.9 Å². The van der Waals surface area contributed by atoms with Gasteiger partial charge in [0.1, 0.15) is 23.0 Å². The van der Waals surface area contributed by atoms with Gasteiger partial charge in [-0.25, -0.2) is 4.39 Å². The minimum absolute atomic E-state index is 0.0141. The molecule has 0 saturated heterocycles. The zero-order valence-electron chi connectivity index (χ0n) is 13.7. The fraction of sp³-hybridized carbons (Fsp3) is 0.0500. The zero-order chi connectivity index (χ0) is 19.4. The lowest BCUT2D eigenvalue weighted by Gasteiger charge is -2.12. The second kappa shape index (κ2) is 7.49. The molecule has 138 valence electrons. The summed E-state index contributed by atoms with van der Waals surface area (Å²) in [6.45, 7) is 0. The van der Waals surface area contributed by atoms with Gasteiger partial charge in [-0.2, -0.15) is 13.2 Å². The maximum Gasteiger partial charge on any atom is 0.416 e. The van der Waals surface area contributed by atoms with E-state index in [1.54, 1.807) is 18.2 Å². The Morgan fingerprint density at radius 1 is 0.926 bits per heavy atom. The maximum atomic E-state index is 13.3. The first-order valence-corrected chi connectivity index (χ1v) is 7.80. The average Bonchev–Trinajstić information content (AvgIpc) is 2.61. The number of aromatic hydroxyl groups is 1. The highest BCUT2D eigenvalue weighted by molar-refractivity contribution is 5.86. The van der Waals surface area contributed by atoms with E-state index in [0.717, 1.165) is 24.3 Å². The molecule has 3 aromatic carbocycles. The minimum atomic E-state index is -4.56. The Morgan fingerprint density at radius 2 is 1.70 bits per heavy atom. The third-order valence-electron chi connectivity index (χ3n) is 3.59. The molecule has 3 aromatic rings. The molecule has 0 atom stereocenters. The largest absolute Gasteiger partial charge is 0.507 e. The first kappa shape index (κ1) is 18.4. The summed E-state index contributed by atoms with van der Waals surface area (Å²) in [5, 5.41) is 9.76. The molecule has 3 nitrogen and oxygen atoms in total. The van der Waals surface area contributed by atoms with E-state index in [2.05, 4.69) is 4.99 Å². The number of para-hydroxylation sites is 1. The molecule has 0 aliphatic carbocycles. The molecule has 0 fully saturated rings. The van der Waals surface area contributed by atoms with Gasteiger partial charge in [0.15, 0.2) is 5.75 Å². The molecule has 0 aliphatic rings. The van der Waals surface area contributed by atoms with Crippen molar-refractivity contribution in [1.29, 1.82) is 0 Å². The van der Waals surface area contributed by atoms with Crippen LogP contribution >= 0.6 is 0 Å². The van der Waals surface area contributed by atoms with Gasteiger partial charge >= 0.3 is 6.18 Å². The summed E-state index contributed by atoms with van der Waals surface area (Å²) >= 11 is 0. The van der Waals surface area contributed by atoms with Crippen LogP contribution in [-0.4, -0.2) is 11.3 Å². The summed E-state index contributed by atoms with van der Waals surface area (Å²) in [7, 11) is 0. The van der Waals surface area contributed by atoms with Crippen molar-refractivity contribution in [1.82, 2.24) is 0 Å². The normalized spacial score (nSPS) is 11.7. The summed E-state index contributed by atoms with van der Waals surface area (Å²) in [4.78, 5) is 4.03. The summed E-state index contributed by atoms with van der Waals surface area (Å²) in [5.41, 5.74) is -0.692. The van der Waals surface area contributed by atoms with Gasteiger partial charge in [0.2, 0.25) is 0 Å². The van der Waals surface area contributed by atoms with Gasteiger partial charge in [-0.3, -0.25) is 4.99 Å². The van der Waals surface area contributed by atoms with Crippen molar-refractivity contribution in [3.63, 3.8) is 0 Å². The Kier molecular flexibility index (Phi) is 5.12. The molecule has 7 heteroatoms. The Labute approximate surface area is 152 Å². The van der Waals surface area contributed by atoms with Crippen molar-refractivity contribution >= 4 is 11.9 Å². The zero-order valence-corrected chi connectivity index (χ0v) is 13.7. The molecule has 0 amide bonds. The second-order valence-corrected chi connectivity index (χ2v) is 5.56. The molecule has 0 aliphatic heterocycles. The molecule has 0 bridgehead atoms. The standard InChI is InChI=1S/C20H13F4NO2/c21-15-5-3-6-16(11-15)27-19-9-8-14(20(22,23)24)10-17(19)25-12-13-4-1-2-7-18(13)26/h1-12,26H. The van der Waals surface area contributed by atoms with Crippen molar-refractivity contribution in [2.45, 2.75) is 6.18 Å². The molecule has 0 unspecified atom stereocenters. The van der Waals surface area contributed by atoms with Gasteiger partial charge in [0.25, 0.3) is 0 Å². The molecule has 0 radical (unpaired) electrons. The molecule has 0 aromatic heterocycles. The third kappa shape index (κ3) is 4.63. The summed E-state index contributed by atoms with van der Waals surface area (Å²) < 4.78 is 57.9. The maximum absolute atomic E-state index is 13.3. The van der Waals surface area contributed by atoms with Crippen LogP contribution in [0.5, 0.6) is 17.2 Å². The van der Waals surface area contributed by atoms with Crippen LogP contribution in [-0.2, 0) is 6.18 Å². The van der Waals surface area contributed by atoms with Crippen molar-refractivity contribution in [3.05, 3.63) is 83.7 Å². The molecular weight excluding hydrogens is 362 g/mol. The average molecular weight is 375 g/mol. The van der Waals surface area contributed by atoms with Crippen molar-refractivity contribution in [2.75, 3.05) is 0 Å². The van der Waals surface area contributed by atoms with E-state index in [1.165, 1.54) is 30.5 Å².